The van der Waals surface area contributed by atoms with Crippen LogP contribution in [0.4, 0.5) is 4.79 Å². The maximum atomic E-state index is 12.1. The Morgan fingerprint density at radius 1 is 1.35 bits per heavy atom. The molecule has 1 aliphatic heterocycles. The van der Waals surface area contributed by atoms with Gasteiger partial charge in [0.15, 0.2) is 0 Å². The van der Waals surface area contributed by atoms with Crippen LogP contribution in [0.1, 0.15) is 33.1 Å². The van der Waals surface area contributed by atoms with E-state index < -0.39 is 5.97 Å². The molecular weight excluding hydrogens is 258 g/mol. The van der Waals surface area contributed by atoms with E-state index in [1.165, 1.54) is 4.90 Å². The van der Waals surface area contributed by atoms with Crippen LogP contribution in [0, 0.1) is 5.41 Å². The number of piperidine rings is 1. The van der Waals surface area contributed by atoms with E-state index in [0.29, 0.717) is 13.1 Å². The minimum atomic E-state index is -0.973. The SMILES string of the molecule is CCCN(CC(=O)O)C(=O)NCC1(C)CCN(C)CC1. The summed E-state index contributed by atoms with van der Waals surface area (Å²) in [5.41, 5.74) is 0.114. The van der Waals surface area contributed by atoms with Crippen LogP contribution in [0.25, 0.3) is 0 Å². The Bertz CT molecular complexity index is 339. The number of likely N-dealkylation sites (tertiary alicyclic amines) is 1. The number of carbonyl (C=O) groups excluding carboxylic acids is 1. The number of rotatable bonds is 6. The number of hydrogen-bond acceptors (Lipinski definition) is 3. The number of hydrogen-bond donors (Lipinski definition) is 2. The van der Waals surface area contributed by atoms with Gasteiger partial charge >= 0.3 is 12.0 Å². The fourth-order valence-electron chi connectivity index (χ4n) is 2.42. The lowest BCUT2D eigenvalue weighted by atomic mass is 9.80. The van der Waals surface area contributed by atoms with Gasteiger partial charge in [-0.25, -0.2) is 4.79 Å². The highest BCUT2D eigenvalue weighted by Gasteiger charge is 2.29. The Hall–Kier alpha value is -1.30. The average molecular weight is 285 g/mol. The van der Waals surface area contributed by atoms with Crippen LogP contribution >= 0.6 is 0 Å². The molecule has 1 rings (SSSR count). The predicted octanol–water partition coefficient (Wildman–Crippen LogP) is 1.22. The van der Waals surface area contributed by atoms with Crippen molar-refractivity contribution in [3.63, 3.8) is 0 Å². The predicted molar refractivity (Wildman–Crippen MR) is 77.7 cm³/mol. The molecule has 1 fully saturated rings. The molecule has 116 valence electrons. The molecule has 0 aromatic carbocycles. The summed E-state index contributed by atoms with van der Waals surface area (Å²) >= 11 is 0. The van der Waals surface area contributed by atoms with Crippen molar-refractivity contribution >= 4 is 12.0 Å². The van der Waals surface area contributed by atoms with Gasteiger partial charge < -0.3 is 20.2 Å². The molecular formula is C14H27N3O3. The fourth-order valence-corrected chi connectivity index (χ4v) is 2.42. The van der Waals surface area contributed by atoms with E-state index >= 15 is 0 Å². The van der Waals surface area contributed by atoms with Crippen molar-refractivity contribution < 1.29 is 14.7 Å². The standard InChI is InChI=1S/C14H27N3O3/c1-4-7-17(10-12(18)19)13(20)15-11-14(2)5-8-16(3)9-6-14/h4-11H2,1-3H3,(H,15,20)(H,18,19). The molecule has 6 nitrogen and oxygen atoms in total. The molecule has 0 bridgehead atoms. The highest BCUT2D eigenvalue weighted by molar-refractivity contribution is 5.80. The van der Waals surface area contributed by atoms with E-state index in [9.17, 15) is 9.59 Å². The van der Waals surface area contributed by atoms with Crippen LogP contribution in [0.2, 0.25) is 0 Å². The topological polar surface area (TPSA) is 72.9 Å². The minimum Gasteiger partial charge on any atom is -0.480 e. The van der Waals surface area contributed by atoms with Crippen LogP contribution < -0.4 is 5.32 Å². The summed E-state index contributed by atoms with van der Waals surface area (Å²) in [5.74, 6) is -0.973. The Morgan fingerprint density at radius 2 is 1.95 bits per heavy atom. The molecule has 0 radical (unpaired) electrons. The lowest BCUT2D eigenvalue weighted by Crippen LogP contribution is -2.48. The number of carboxylic acids is 1. The second-order valence-corrected chi connectivity index (χ2v) is 6.09. The van der Waals surface area contributed by atoms with Crippen molar-refractivity contribution in [2.45, 2.75) is 33.1 Å². The van der Waals surface area contributed by atoms with E-state index in [1.54, 1.807) is 0 Å². The van der Waals surface area contributed by atoms with Crippen LogP contribution in [0.5, 0.6) is 0 Å². The van der Waals surface area contributed by atoms with E-state index in [-0.39, 0.29) is 18.0 Å². The maximum absolute atomic E-state index is 12.1. The van der Waals surface area contributed by atoms with Crippen LogP contribution in [0.3, 0.4) is 0 Å². The summed E-state index contributed by atoms with van der Waals surface area (Å²) in [6.45, 7) is 7.04. The molecule has 0 unspecified atom stereocenters. The molecule has 1 heterocycles. The van der Waals surface area contributed by atoms with E-state index in [4.69, 9.17) is 5.11 Å². The third-order valence-corrected chi connectivity index (χ3v) is 3.97. The largest absolute Gasteiger partial charge is 0.480 e. The van der Waals surface area contributed by atoms with E-state index in [0.717, 1.165) is 32.4 Å². The molecule has 2 amide bonds. The Kier molecular flexibility index (Phi) is 6.26. The van der Waals surface area contributed by atoms with Gasteiger partial charge in [0.25, 0.3) is 0 Å². The summed E-state index contributed by atoms with van der Waals surface area (Å²) in [5, 5.41) is 11.7. The number of aliphatic carboxylic acids is 1. The number of amides is 2. The first-order chi connectivity index (χ1) is 9.36. The van der Waals surface area contributed by atoms with Crippen molar-refractivity contribution in [1.29, 1.82) is 0 Å². The fraction of sp³-hybridized carbons (Fsp3) is 0.857. The highest BCUT2D eigenvalue weighted by Crippen LogP contribution is 2.29. The van der Waals surface area contributed by atoms with Gasteiger partial charge in [-0.1, -0.05) is 13.8 Å². The van der Waals surface area contributed by atoms with Crippen molar-refractivity contribution in [3.05, 3.63) is 0 Å². The van der Waals surface area contributed by atoms with Crippen LogP contribution in [-0.2, 0) is 4.79 Å². The zero-order chi connectivity index (χ0) is 15.2. The van der Waals surface area contributed by atoms with Crippen LogP contribution in [0.15, 0.2) is 0 Å². The molecule has 0 saturated carbocycles. The Labute approximate surface area is 121 Å². The average Bonchev–Trinajstić information content (AvgIpc) is 2.39. The maximum Gasteiger partial charge on any atom is 0.323 e. The summed E-state index contributed by atoms with van der Waals surface area (Å²) in [6.07, 6.45) is 2.86. The first kappa shape index (κ1) is 16.8. The molecule has 0 spiro atoms. The van der Waals surface area contributed by atoms with Crippen molar-refractivity contribution in [2.24, 2.45) is 5.41 Å². The minimum absolute atomic E-state index is 0.114. The summed E-state index contributed by atoms with van der Waals surface area (Å²) < 4.78 is 0. The molecule has 0 aromatic heterocycles. The number of nitrogens with one attached hydrogen (secondary N) is 1. The van der Waals surface area contributed by atoms with E-state index in [2.05, 4.69) is 24.2 Å². The first-order valence-electron chi connectivity index (χ1n) is 7.29. The second kappa shape index (κ2) is 7.47. The lowest BCUT2D eigenvalue weighted by Gasteiger charge is -2.38. The first-order valence-corrected chi connectivity index (χ1v) is 7.29. The number of urea groups is 1. The quantitative estimate of drug-likeness (QED) is 0.770. The molecule has 0 aliphatic carbocycles. The van der Waals surface area contributed by atoms with Gasteiger partial charge in [0.1, 0.15) is 6.54 Å². The Morgan fingerprint density at radius 3 is 2.45 bits per heavy atom. The van der Waals surface area contributed by atoms with Gasteiger partial charge in [-0.05, 0) is 44.8 Å². The normalized spacial score (nSPS) is 18.6. The highest BCUT2D eigenvalue weighted by atomic mass is 16.4. The zero-order valence-electron chi connectivity index (χ0n) is 12.8. The molecule has 1 saturated heterocycles. The summed E-state index contributed by atoms with van der Waals surface area (Å²) in [6, 6.07) is -0.269. The van der Waals surface area contributed by atoms with Crippen molar-refractivity contribution in [1.82, 2.24) is 15.1 Å². The van der Waals surface area contributed by atoms with Gasteiger partial charge in [-0.2, -0.15) is 0 Å². The van der Waals surface area contributed by atoms with Crippen molar-refractivity contribution in [3.8, 4) is 0 Å². The summed E-state index contributed by atoms with van der Waals surface area (Å²) in [4.78, 5) is 26.5. The van der Waals surface area contributed by atoms with Crippen LogP contribution in [-0.4, -0.2) is 66.7 Å². The smallest absolute Gasteiger partial charge is 0.323 e. The zero-order valence-corrected chi connectivity index (χ0v) is 12.8. The molecule has 2 N–H and O–H groups in total. The Balaban J connectivity index is 2.45. The monoisotopic (exact) mass is 285 g/mol. The molecule has 20 heavy (non-hydrogen) atoms. The lowest BCUT2D eigenvalue weighted by molar-refractivity contribution is -0.137. The molecule has 1 aliphatic rings. The third kappa shape index (κ3) is 5.36. The number of nitrogens with zero attached hydrogens (tertiary/aromatic N) is 2. The molecule has 6 heteroatoms. The van der Waals surface area contributed by atoms with Gasteiger partial charge in [-0.3, -0.25) is 4.79 Å². The second-order valence-electron chi connectivity index (χ2n) is 6.09. The van der Waals surface area contributed by atoms with Crippen molar-refractivity contribution in [2.75, 3.05) is 39.8 Å². The third-order valence-electron chi connectivity index (χ3n) is 3.97. The summed E-state index contributed by atoms with van der Waals surface area (Å²) in [7, 11) is 2.11. The van der Waals surface area contributed by atoms with Gasteiger partial charge in [0, 0.05) is 13.1 Å². The van der Waals surface area contributed by atoms with E-state index in [1.807, 2.05) is 6.92 Å². The van der Waals surface area contributed by atoms with Gasteiger partial charge in [-0.15, -0.1) is 0 Å². The van der Waals surface area contributed by atoms with Gasteiger partial charge in [0.2, 0.25) is 0 Å². The molecule has 0 atom stereocenters. The number of carboxylic acid groups (broad SMARTS) is 1. The van der Waals surface area contributed by atoms with Gasteiger partial charge in [0.05, 0.1) is 0 Å². The number of carbonyl (C=O) groups is 2. The molecule has 0 aromatic rings.